The maximum atomic E-state index is 5.77. The zero-order valence-electron chi connectivity index (χ0n) is 10.4. The van der Waals surface area contributed by atoms with Crippen molar-refractivity contribution in [2.45, 2.75) is 39.2 Å². The molecule has 0 saturated heterocycles. The molecule has 4 nitrogen and oxygen atoms in total. The Labute approximate surface area is 97.0 Å². The molecule has 0 amide bonds. The van der Waals surface area contributed by atoms with Gasteiger partial charge in [0.05, 0.1) is 12.3 Å². The van der Waals surface area contributed by atoms with Crippen LogP contribution in [0.25, 0.3) is 0 Å². The van der Waals surface area contributed by atoms with Gasteiger partial charge in [0, 0.05) is 13.1 Å². The van der Waals surface area contributed by atoms with Gasteiger partial charge in [-0.25, -0.2) is 0 Å². The smallest absolute Gasteiger partial charge is 0.162 e. The van der Waals surface area contributed by atoms with Gasteiger partial charge in [-0.1, -0.05) is 0 Å². The third kappa shape index (κ3) is 2.76. The molecular formula is C12H21N3O. The van der Waals surface area contributed by atoms with Crippen molar-refractivity contribution in [3.8, 4) is 5.75 Å². The van der Waals surface area contributed by atoms with E-state index in [4.69, 9.17) is 4.74 Å². The highest BCUT2D eigenvalue weighted by atomic mass is 16.5. The van der Waals surface area contributed by atoms with E-state index in [9.17, 15) is 0 Å². The first-order valence-corrected chi connectivity index (χ1v) is 6.05. The summed E-state index contributed by atoms with van der Waals surface area (Å²) in [6.45, 7) is 5.86. The standard InChI is InChI=1S/C12H21N3O/c1-9-12(10(2)15(3)14-9)16-8-4-7-13-11-5-6-11/h11,13H,4-8H2,1-3H3. The first-order chi connectivity index (χ1) is 7.68. The topological polar surface area (TPSA) is 39.1 Å². The molecule has 0 atom stereocenters. The van der Waals surface area contributed by atoms with Gasteiger partial charge in [0.2, 0.25) is 0 Å². The van der Waals surface area contributed by atoms with E-state index in [2.05, 4.69) is 10.4 Å². The second kappa shape index (κ2) is 4.87. The van der Waals surface area contributed by atoms with E-state index in [-0.39, 0.29) is 0 Å². The highest BCUT2D eigenvalue weighted by molar-refractivity contribution is 5.31. The van der Waals surface area contributed by atoms with Crippen molar-refractivity contribution in [3.63, 3.8) is 0 Å². The van der Waals surface area contributed by atoms with E-state index in [1.807, 2.05) is 25.6 Å². The maximum absolute atomic E-state index is 5.77. The van der Waals surface area contributed by atoms with Gasteiger partial charge in [0.25, 0.3) is 0 Å². The van der Waals surface area contributed by atoms with Gasteiger partial charge in [0.1, 0.15) is 5.69 Å². The summed E-state index contributed by atoms with van der Waals surface area (Å²) in [5, 5.41) is 7.80. The number of aromatic nitrogens is 2. The van der Waals surface area contributed by atoms with E-state index in [0.29, 0.717) is 0 Å². The van der Waals surface area contributed by atoms with Crippen LogP contribution in [0.2, 0.25) is 0 Å². The van der Waals surface area contributed by atoms with Crippen LogP contribution in [-0.4, -0.2) is 29.0 Å². The van der Waals surface area contributed by atoms with Crippen molar-refractivity contribution < 1.29 is 4.74 Å². The number of aryl methyl sites for hydroxylation is 2. The number of hydrogen-bond acceptors (Lipinski definition) is 3. The fourth-order valence-electron chi connectivity index (χ4n) is 1.80. The Morgan fingerprint density at radius 3 is 2.75 bits per heavy atom. The molecule has 90 valence electrons. The van der Waals surface area contributed by atoms with Gasteiger partial charge in [-0.2, -0.15) is 5.10 Å². The van der Waals surface area contributed by atoms with Gasteiger partial charge < -0.3 is 10.1 Å². The van der Waals surface area contributed by atoms with Gasteiger partial charge in [0.15, 0.2) is 5.75 Å². The minimum absolute atomic E-state index is 0.771. The molecular weight excluding hydrogens is 202 g/mol. The molecule has 1 aliphatic carbocycles. The Morgan fingerprint density at radius 1 is 1.44 bits per heavy atom. The van der Waals surface area contributed by atoms with Crippen LogP contribution in [0.3, 0.4) is 0 Å². The second-order valence-corrected chi connectivity index (χ2v) is 4.55. The predicted molar refractivity (Wildman–Crippen MR) is 63.8 cm³/mol. The molecule has 0 radical (unpaired) electrons. The minimum atomic E-state index is 0.771. The summed E-state index contributed by atoms with van der Waals surface area (Å²) in [6, 6.07) is 0.793. The summed E-state index contributed by atoms with van der Waals surface area (Å²) in [7, 11) is 1.95. The van der Waals surface area contributed by atoms with Crippen molar-refractivity contribution in [3.05, 3.63) is 11.4 Å². The average Bonchev–Trinajstić information content (AvgIpc) is 3.02. The monoisotopic (exact) mass is 223 g/mol. The van der Waals surface area contributed by atoms with E-state index >= 15 is 0 Å². The Bertz CT molecular complexity index is 355. The van der Waals surface area contributed by atoms with Gasteiger partial charge >= 0.3 is 0 Å². The Hall–Kier alpha value is -1.03. The summed E-state index contributed by atoms with van der Waals surface area (Å²) in [4.78, 5) is 0. The lowest BCUT2D eigenvalue weighted by Crippen LogP contribution is -2.19. The third-order valence-electron chi connectivity index (χ3n) is 3.02. The molecule has 0 aromatic carbocycles. The lowest BCUT2D eigenvalue weighted by Gasteiger charge is -2.06. The fraction of sp³-hybridized carbons (Fsp3) is 0.750. The number of nitrogens with one attached hydrogen (secondary N) is 1. The molecule has 1 N–H and O–H groups in total. The molecule has 4 heteroatoms. The Balaban J connectivity index is 1.71. The zero-order chi connectivity index (χ0) is 11.5. The third-order valence-corrected chi connectivity index (χ3v) is 3.02. The first kappa shape index (κ1) is 11.5. The highest BCUT2D eigenvalue weighted by Crippen LogP contribution is 2.21. The summed E-state index contributed by atoms with van der Waals surface area (Å²) in [5.41, 5.74) is 2.09. The van der Waals surface area contributed by atoms with Crippen molar-refractivity contribution >= 4 is 0 Å². The van der Waals surface area contributed by atoms with Gasteiger partial charge in [-0.05, 0) is 39.7 Å². The van der Waals surface area contributed by atoms with Crippen LogP contribution < -0.4 is 10.1 Å². The van der Waals surface area contributed by atoms with Crippen LogP contribution in [0.5, 0.6) is 5.75 Å². The molecule has 1 saturated carbocycles. The molecule has 0 bridgehead atoms. The first-order valence-electron chi connectivity index (χ1n) is 6.05. The van der Waals surface area contributed by atoms with E-state index in [1.54, 1.807) is 0 Å². The largest absolute Gasteiger partial charge is 0.490 e. The second-order valence-electron chi connectivity index (χ2n) is 4.55. The lowest BCUT2D eigenvalue weighted by molar-refractivity contribution is 0.303. The summed E-state index contributed by atoms with van der Waals surface area (Å²) in [5.74, 6) is 0.953. The molecule has 16 heavy (non-hydrogen) atoms. The molecule has 1 aromatic heterocycles. The summed E-state index contributed by atoms with van der Waals surface area (Å²) >= 11 is 0. The van der Waals surface area contributed by atoms with Crippen LogP contribution in [0, 0.1) is 13.8 Å². The Morgan fingerprint density at radius 2 is 2.19 bits per heavy atom. The van der Waals surface area contributed by atoms with Crippen molar-refractivity contribution in [1.82, 2.24) is 15.1 Å². The van der Waals surface area contributed by atoms with Crippen LogP contribution in [0.4, 0.5) is 0 Å². The van der Waals surface area contributed by atoms with Gasteiger partial charge in [-0.15, -0.1) is 0 Å². The maximum Gasteiger partial charge on any atom is 0.162 e. The molecule has 1 heterocycles. The van der Waals surface area contributed by atoms with Crippen LogP contribution in [0.15, 0.2) is 0 Å². The SMILES string of the molecule is Cc1nn(C)c(C)c1OCCCNC1CC1. The van der Waals surface area contributed by atoms with E-state index in [1.165, 1.54) is 12.8 Å². The molecule has 2 rings (SSSR count). The van der Waals surface area contributed by atoms with Crippen LogP contribution >= 0.6 is 0 Å². The average molecular weight is 223 g/mol. The van der Waals surface area contributed by atoms with Crippen molar-refractivity contribution in [1.29, 1.82) is 0 Å². The zero-order valence-corrected chi connectivity index (χ0v) is 10.4. The number of rotatable bonds is 6. The van der Waals surface area contributed by atoms with Gasteiger partial charge in [-0.3, -0.25) is 4.68 Å². The molecule has 0 spiro atoms. The highest BCUT2D eigenvalue weighted by Gasteiger charge is 2.19. The number of nitrogens with zero attached hydrogens (tertiary/aromatic N) is 2. The molecule has 1 aromatic rings. The van der Waals surface area contributed by atoms with Crippen LogP contribution in [0.1, 0.15) is 30.7 Å². The minimum Gasteiger partial charge on any atom is -0.490 e. The quantitative estimate of drug-likeness (QED) is 0.744. The fourth-order valence-corrected chi connectivity index (χ4v) is 1.80. The lowest BCUT2D eigenvalue weighted by atomic mass is 10.3. The predicted octanol–water partition coefficient (Wildman–Crippen LogP) is 1.56. The normalized spacial score (nSPS) is 15.4. The molecule has 0 unspecified atom stereocenters. The molecule has 1 fully saturated rings. The summed E-state index contributed by atoms with van der Waals surface area (Å²) < 4.78 is 7.64. The Kier molecular flexibility index (Phi) is 3.49. The van der Waals surface area contributed by atoms with Crippen molar-refractivity contribution in [2.24, 2.45) is 7.05 Å². The number of ether oxygens (including phenoxy) is 1. The summed E-state index contributed by atoms with van der Waals surface area (Å²) in [6.07, 6.45) is 3.76. The molecule has 0 aliphatic heterocycles. The van der Waals surface area contributed by atoms with Crippen LogP contribution in [-0.2, 0) is 7.05 Å². The number of hydrogen-bond donors (Lipinski definition) is 1. The molecule has 1 aliphatic rings. The van der Waals surface area contributed by atoms with Crippen molar-refractivity contribution in [2.75, 3.05) is 13.2 Å². The van der Waals surface area contributed by atoms with E-state index < -0.39 is 0 Å². The van der Waals surface area contributed by atoms with E-state index in [0.717, 1.165) is 42.8 Å².